The number of hydrogen-bond acceptors (Lipinski definition) is 7. The van der Waals surface area contributed by atoms with Gasteiger partial charge in [0.1, 0.15) is 11.3 Å². The zero-order valence-corrected chi connectivity index (χ0v) is 10.4. The van der Waals surface area contributed by atoms with Crippen LogP contribution in [0.4, 0.5) is 13.2 Å². The van der Waals surface area contributed by atoms with Gasteiger partial charge in [0.05, 0.1) is 12.3 Å². The maximum atomic E-state index is 11.9. The van der Waals surface area contributed by atoms with Crippen molar-refractivity contribution in [3.63, 3.8) is 0 Å². The van der Waals surface area contributed by atoms with E-state index in [-0.39, 0.29) is 12.8 Å². The summed E-state index contributed by atoms with van der Waals surface area (Å²) in [5.41, 5.74) is 29.8. The molecule has 12 N–H and O–H groups in total. The predicted octanol–water partition coefficient (Wildman–Crippen LogP) is -1.84. The number of rotatable bonds is 3. The molecule has 0 aromatic carbocycles. The van der Waals surface area contributed by atoms with Crippen LogP contribution in [-0.2, 0) is 4.74 Å². The summed E-state index contributed by atoms with van der Waals surface area (Å²) in [5, 5.41) is 0. The van der Waals surface area contributed by atoms with Crippen LogP contribution in [0.25, 0.3) is 0 Å². The molecule has 0 radical (unpaired) electrons. The van der Waals surface area contributed by atoms with Crippen molar-refractivity contribution >= 4 is 0 Å². The van der Waals surface area contributed by atoms with E-state index in [1.165, 1.54) is 0 Å². The molecular formula is C9H21F3N6O. The van der Waals surface area contributed by atoms with Crippen LogP contribution >= 0.6 is 0 Å². The first-order valence-electron chi connectivity index (χ1n) is 5.75. The average Bonchev–Trinajstić information content (AvgIpc) is 2.18. The smallest absolute Gasteiger partial charge is 0.311 e. The first kappa shape index (κ1) is 16.6. The summed E-state index contributed by atoms with van der Waals surface area (Å²) in [7, 11) is 0. The second kappa shape index (κ2) is 4.81. The Morgan fingerprint density at radius 3 is 2.05 bits per heavy atom. The van der Waals surface area contributed by atoms with Gasteiger partial charge < -0.3 is 34.4 Å². The lowest BCUT2D eigenvalue weighted by Gasteiger charge is -2.56. The third-order valence-electron chi connectivity index (χ3n) is 3.80. The van der Waals surface area contributed by atoms with Crippen LogP contribution in [0.3, 0.4) is 0 Å². The summed E-state index contributed by atoms with van der Waals surface area (Å²) in [4.78, 5) is 0. The van der Waals surface area contributed by atoms with E-state index in [0.717, 1.165) is 0 Å². The first-order valence-corrected chi connectivity index (χ1v) is 5.75. The summed E-state index contributed by atoms with van der Waals surface area (Å²) < 4.78 is 39.4. The summed E-state index contributed by atoms with van der Waals surface area (Å²) >= 11 is 0. The molecule has 7 nitrogen and oxygen atoms in total. The predicted molar refractivity (Wildman–Crippen MR) is 62.7 cm³/mol. The molecule has 1 saturated carbocycles. The lowest BCUT2D eigenvalue weighted by atomic mass is 9.66. The maximum Gasteiger partial charge on any atom is 0.522 e. The van der Waals surface area contributed by atoms with E-state index in [1.54, 1.807) is 0 Å². The van der Waals surface area contributed by atoms with Crippen LogP contribution in [0.2, 0.25) is 0 Å². The summed E-state index contributed by atoms with van der Waals surface area (Å²) in [5.74, 6) is -0.579. The van der Waals surface area contributed by atoms with Crippen LogP contribution < -0.4 is 34.4 Å². The Balaban J connectivity index is 2.72. The molecule has 0 bridgehead atoms. The molecule has 0 aliphatic heterocycles. The van der Waals surface area contributed by atoms with Crippen molar-refractivity contribution in [3.05, 3.63) is 0 Å². The molecule has 1 aliphatic rings. The van der Waals surface area contributed by atoms with Crippen molar-refractivity contribution in [1.29, 1.82) is 0 Å². The number of nitrogens with two attached hydrogens (primary N) is 6. The summed E-state index contributed by atoms with van der Waals surface area (Å²) in [6, 6.07) is 0. The third kappa shape index (κ3) is 3.16. The first-order chi connectivity index (χ1) is 8.31. The average molecular weight is 286 g/mol. The molecule has 114 valence electrons. The normalized spacial score (nSPS) is 29.2. The Morgan fingerprint density at radius 2 is 1.58 bits per heavy atom. The lowest BCUT2D eigenvalue weighted by molar-refractivity contribution is -0.325. The second-order valence-electron chi connectivity index (χ2n) is 5.16. The van der Waals surface area contributed by atoms with Gasteiger partial charge in [0.2, 0.25) is 0 Å². The number of hydrogen-bond donors (Lipinski definition) is 6. The zero-order chi connectivity index (χ0) is 15.1. The van der Waals surface area contributed by atoms with E-state index in [9.17, 15) is 13.2 Å². The van der Waals surface area contributed by atoms with Crippen molar-refractivity contribution < 1.29 is 17.9 Å². The zero-order valence-electron chi connectivity index (χ0n) is 10.4. The monoisotopic (exact) mass is 286 g/mol. The Morgan fingerprint density at radius 1 is 1.05 bits per heavy atom. The molecule has 1 atom stereocenters. The van der Waals surface area contributed by atoms with Crippen LogP contribution in [0, 0.1) is 5.92 Å². The topological polar surface area (TPSA) is 165 Å². The molecule has 0 aromatic rings. The van der Waals surface area contributed by atoms with Crippen molar-refractivity contribution in [2.75, 3.05) is 6.61 Å². The Kier molecular flexibility index (Phi) is 4.19. The van der Waals surface area contributed by atoms with E-state index >= 15 is 0 Å². The van der Waals surface area contributed by atoms with Gasteiger partial charge in [-0.1, -0.05) is 0 Å². The highest BCUT2D eigenvalue weighted by atomic mass is 19.4. The van der Waals surface area contributed by atoms with Gasteiger partial charge in [-0.15, -0.1) is 13.2 Å². The van der Waals surface area contributed by atoms with Gasteiger partial charge >= 0.3 is 6.36 Å². The van der Waals surface area contributed by atoms with Gasteiger partial charge in [-0.05, 0) is 25.2 Å². The van der Waals surface area contributed by atoms with E-state index in [4.69, 9.17) is 34.4 Å². The molecule has 1 aliphatic carbocycles. The molecule has 10 heteroatoms. The van der Waals surface area contributed by atoms with Gasteiger partial charge in [0.15, 0.2) is 0 Å². The minimum absolute atomic E-state index is 0.0429. The Bertz CT molecular complexity index is 330. The highest BCUT2D eigenvalue weighted by Crippen LogP contribution is 2.37. The number of ether oxygens (including phenoxy) is 1. The second-order valence-corrected chi connectivity index (χ2v) is 5.16. The molecule has 0 saturated heterocycles. The van der Waals surface area contributed by atoms with E-state index in [2.05, 4.69) is 4.74 Å². The molecule has 1 fully saturated rings. The third-order valence-corrected chi connectivity index (χ3v) is 3.80. The number of alkyl halides is 3. The molecule has 1 rings (SSSR count). The van der Waals surface area contributed by atoms with Crippen LogP contribution in [0.1, 0.15) is 19.3 Å². The van der Waals surface area contributed by atoms with E-state index in [0.29, 0.717) is 6.42 Å². The molecule has 0 aromatic heterocycles. The minimum atomic E-state index is -4.70. The van der Waals surface area contributed by atoms with Gasteiger partial charge in [0, 0.05) is 0 Å². The highest BCUT2D eigenvalue weighted by molar-refractivity contribution is 5.17. The van der Waals surface area contributed by atoms with Crippen molar-refractivity contribution in [2.24, 2.45) is 40.3 Å². The van der Waals surface area contributed by atoms with E-state index < -0.39 is 35.9 Å². The fraction of sp³-hybridized carbons (Fsp3) is 1.00. The maximum absolute atomic E-state index is 11.9. The fourth-order valence-corrected chi connectivity index (χ4v) is 2.30. The molecule has 1 unspecified atom stereocenters. The fourth-order valence-electron chi connectivity index (χ4n) is 2.30. The Labute approximate surface area is 108 Å². The molecule has 0 heterocycles. The van der Waals surface area contributed by atoms with Crippen LogP contribution in [0.15, 0.2) is 0 Å². The molecular weight excluding hydrogens is 265 g/mol. The molecule has 19 heavy (non-hydrogen) atoms. The van der Waals surface area contributed by atoms with Crippen LogP contribution in [0.5, 0.6) is 0 Å². The van der Waals surface area contributed by atoms with Crippen molar-refractivity contribution in [2.45, 2.75) is 42.6 Å². The van der Waals surface area contributed by atoms with Gasteiger partial charge in [-0.3, -0.25) is 4.74 Å². The number of halogens is 3. The van der Waals surface area contributed by atoms with Gasteiger partial charge in [0.25, 0.3) is 0 Å². The lowest BCUT2D eigenvalue weighted by Crippen LogP contribution is -2.92. The Hall–Kier alpha value is -0.490. The highest BCUT2D eigenvalue weighted by Gasteiger charge is 2.58. The minimum Gasteiger partial charge on any atom is -0.311 e. The summed E-state index contributed by atoms with van der Waals surface area (Å²) in [6.07, 6.45) is -4.22. The van der Waals surface area contributed by atoms with E-state index in [1.807, 2.05) is 0 Å². The standard InChI is InChI=1S/C9H21F3N6O/c10-9(11,12)19-4-2-5-1-3-6(13,14)8(17,18)7(5,15)16/h5H,1-4,13-18H2. The molecule has 0 amide bonds. The molecule has 0 spiro atoms. The SMILES string of the molecule is NC1(N)CCC(CCOC(F)(F)F)C(N)(N)C1(N)N. The van der Waals surface area contributed by atoms with Gasteiger partial charge in [-0.2, -0.15) is 0 Å². The largest absolute Gasteiger partial charge is 0.522 e. The van der Waals surface area contributed by atoms with Crippen LogP contribution in [-0.4, -0.2) is 30.0 Å². The van der Waals surface area contributed by atoms with Gasteiger partial charge in [-0.25, -0.2) is 0 Å². The quantitative estimate of drug-likeness (QED) is 0.332. The van der Waals surface area contributed by atoms with Crippen molar-refractivity contribution in [3.8, 4) is 0 Å². The summed E-state index contributed by atoms with van der Waals surface area (Å²) in [6.45, 7) is -0.581. The van der Waals surface area contributed by atoms with Crippen molar-refractivity contribution in [1.82, 2.24) is 0 Å².